The van der Waals surface area contributed by atoms with Gasteiger partial charge in [-0.05, 0) is 37.5 Å². The number of hydrogen-bond acceptors (Lipinski definition) is 3. The average molecular weight is 352 g/mol. The van der Waals surface area contributed by atoms with Crippen molar-refractivity contribution < 1.29 is 14.3 Å². The Kier molecular flexibility index (Phi) is 6.02. The molecule has 0 bridgehead atoms. The zero-order valence-electron chi connectivity index (χ0n) is 15.0. The Morgan fingerprint density at radius 2 is 1.88 bits per heavy atom. The van der Waals surface area contributed by atoms with Crippen molar-refractivity contribution in [1.82, 2.24) is 5.32 Å². The Bertz CT molecular complexity index is 765. The SMILES string of the molecule is Cc1ccc(CC(=O)Nc2ccccc2C(=O)NCC2CCCO2)cc1. The summed E-state index contributed by atoms with van der Waals surface area (Å²) in [5, 5.41) is 5.75. The lowest BCUT2D eigenvalue weighted by molar-refractivity contribution is -0.115. The summed E-state index contributed by atoms with van der Waals surface area (Å²) < 4.78 is 5.52. The summed E-state index contributed by atoms with van der Waals surface area (Å²) in [4.78, 5) is 24.8. The van der Waals surface area contributed by atoms with Gasteiger partial charge in [-0.1, -0.05) is 42.0 Å². The monoisotopic (exact) mass is 352 g/mol. The van der Waals surface area contributed by atoms with Gasteiger partial charge in [-0.25, -0.2) is 0 Å². The summed E-state index contributed by atoms with van der Waals surface area (Å²) >= 11 is 0. The highest BCUT2D eigenvalue weighted by atomic mass is 16.5. The quantitative estimate of drug-likeness (QED) is 0.839. The van der Waals surface area contributed by atoms with Crippen molar-refractivity contribution in [3.63, 3.8) is 0 Å². The smallest absolute Gasteiger partial charge is 0.253 e. The molecular formula is C21H24N2O3. The number of anilines is 1. The van der Waals surface area contributed by atoms with E-state index in [1.165, 1.54) is 0 Å². The van der Waals surface area contributed by atoms with E-state index >= 15 is 0 Å². The standard InChI is InChI=1S/C21H24N2O3/c1-15-8-10-16(11-9-15)13-20(24)23-19-7-3-2-6-18(19)21(25)22-14-17-5-4-12-26-17/h2-3,6-11,17H,4-5,12-14H2,1H3,(H,22,25)(H,23,24). The average Bonchev–Trinajstić information content (AvgIpc) is 3.16. The molecule has 0 saturated carbocycles. The van der Waals surface area contributed by atoms with E-state index in [0.29, 0.717) is 17.8 Å². The zero-order valence-corrected chi connectivity index (χ0v) is 15.0. The second-order valence-corrected chi connectivity index (χ2v) is 6.60. The first-order chi connectivity index (χ1) is 12.6. The van der Waals surface area contributed by atoms with Gasteiger partial charge in [0, 0.05) is 13.2 Å². The highest BCUT2D eigenvalue weighted by molar-refractivity contribution is 6.04. The van der Waals surface area contributed by atoms with Gasteiger partial charge in [0.25, 0.3) is 5.91 Å². The van der Waals surface area contributed by atoms with Crippen LogP contribution in [0.25, 0.3) is 0 Å². The largest absolute Gasteiger partial charge is 0.376 e. The minimum absolute atomic E-state index is 0.0854. The van der Waals surface area contributed by atoms with E-state index in [1.807, 2.05) is 31.2 Å². The summed E-state index contributed by atoms with van der Waals surface area (Å²) in [5.41, 5.74) is 3.08. The van der Waals surface area contributed by atoms with Crippen LogP contribution in [0.5, 0.6) is 0 Å². The number of benzene rings is 2. The van der Waals surface area contributed by atoms with Gasteiger partial charge in [0.15, 0.2) is 0 Å². The number of hydrogen-bond donors (Lipinski definition) is 2. The van der Waals surface area contributed by atoms with Crippen LogP contribution >= 0.6 is 0 Å². The van der Waals surface area contributed by atoms with Crippen molar-refractivity contribution >= 4 is 17.5 Å². The fourth-order valence-corrected chi connectivity index (χ4v) is 2.98. The minimum Gasteiger partial charge on any atom is -0.376 e. The third-order valence-electron chi connectivity index (χ3n) is 4.45. The van der Waals surface area contributed by atoms with Gasteiger partial charge in [0.1, 0.15) is 0 Å². The molecule has 0 spiro atoms. The summed E-state index contributed by atoms with van der Waals surface area (Å²) in [5.74, 6) is -0.347. The molecule has 1 aliphatic rings. The van der Waals surface area contributed by atoms with Gasteiger partial charge in [0.05, 0.1) is 23.8 Å². The van der Waals surface area contributed by atoms with Crippen LogP contribution in [0.1, 0.15) is 34.3 Å². The van der Waals surface area contributed by atoms with E-state index in [9.17, 15) is 9.59 Å². The third-order valence-corrected chi connectivity index (χ3v) is 4.45. The van der Waals surface area contributed by atoms with Crippen molar-refractivity contribution in [3.05, 3.63) is 65.2 Å². The van der Waals surface area contributed by atoms with E-state index in [0.717, 1.165) is 30.6 Å². The Morgan fingerprint density at radius 3 is 2.62 bits per heavy atom. The lowest BCUT2D eigenvalue weighted by Crippen LogP contribution is -2.32. The Balaban J connectivity index is 1.61. The van der Waals surface area contributed by atoms with E-state index in [4.69, 9.17) is 4.74 Å². The number of amides is 2. The Hall–Kier alpha value is -2.66. The van der Waals surface area contributed by atoms with Gasteiger partial charge < -0.3 is 15.4 Å². The maximum Gasteiger partial charge on any atom is 0.253 e. The van der Waals surface area contributed by atoms with Crippen molar-refractivity contribution in [2.24, 2.45) is 0 Å². The number of aryl methyl sites for hydroxylation is 1. The fraction of sp³-hybridized carbons (Fsp3) is 0.333. The molecule has 3 rings (SSSR count). The van der Waals surface area contributed by atoms with E-state index in [1.54, 1.807) is 24.3 Å². The van der Waals surface area contributed by atoms with E-state index < -0.39 is 0 Å². The van der Waals surface area contributed by atoms with E-state index in [2.05, 4.69) is 10.6 Å². The number of carbonyl (C=O) groups is 2. The van der Waals surface area contributed by atoms with Crippen molar-refractivity contribution in [2.45, 2.75) is 32.3 Å². The van der Waals surface area contributed by atoms with Gasteiger partial charge in [0.2, 0.25) is 5.91 Å². The molecule has 2 amide bonds. The van der Waals surface area contributed by atoms with Crippen LogP contribution in [0.4, 0.5) is 5.69 Å². The van der Waals surface area contributed by atoms with Crippen LogP contribution in [-0.4, -0.2) is 31.1 Å². The molecule has 0 radical (unpaired) electrons. The Labute approximate surface area is 153 Å². The molecule has 1 aliphatic heterocycles. The van der Waals surface area contributed by atoms with Gasteiger partial charge >= 0.3 is 0 Å². The first kappa shape index (κ1) is 18.1. The fourth-order valence-electron chi connectivity index (χ4n) is 2.98. The summed E-state index contributed by atoms with van der Waals surface area (Å²) in [7, 11) is 0. The molecular weight excluding hydrogens is 328 g/mol. The van der Waals surface area contributed by atoms with Crippen LogP contribution in [0.15, 0.2) is 48.5 Å². The van der Waals surface area contributed by atoms with Crippen LogP contribution in [0, 0.1) is 6.92 Å². The van der Waals surface area contributed by atoms with Crippen LogP contribution in [-0.2, 0) is 16.0 Å². The molecule has 1 atom stereocenters. The van der Waals surface area contributed by atoms with E-state index in [-0.39, 0.29) is 24.3 Å². The molecule has 136 valence electrons. The number of para-hydroxylation sites is 1. The number of carbonyl (C=O) groups excluding carboxylic acids is 2. The highest BCUT2D eigenvalue weighted by Crippen LogP contribution is 2.17. The summed E-state index contributed by atoms with van der Waals surface area (Å²) in [6.45, 7) is 3.26. The molecule has 1 saturated heterocycles. The van der Waals surface area contributed by atoms with Crippen LogP contribution in [0.3, 0.4) is 0 Å². The lowest BCUT2D eigenvalue weighted by atomic mass is 10.1. The van der Waals surface area contributed by atoms with Crippen molar-refractivity contribution in [2.75, 3.05) is 18.5 Å². The maximum atomic E-state index is 12.5. The minimum atomic E-state index is -0.202. The second-order valence-electron chi connectivity index (χ2n) is 6.60. The number of nitrogens with one attached hydrogen (secondary N) is 2. The summed E-state index contributed by atoms with van der Waals surface area (Å²) in [6.07, 6.45) is 2.36. The Morgan fingerprint density at radius 1 is 1.12 bits per heavy atom. The first-order valence-electron chi connectivity index (χ1n) is 8.96. The zero-order chi connectivity index (χ0) is 18.4. The lowest BCUT2D eigenvalue weighted by Gasteiger charge is -2.14. The molecule has 1 unspecified atom stereocenters. The maximum absolute atomic E-state index is 12.5. The third kappa shape index (κ3) is 4.92. The molecule has 5 nitrogen and oxygen atoms in total. The van der Waals surface area contributed by atoms with Crippen LogP contribution in [0.2, 0.25) is 0 Å². The number of rotatable bonds is 6. The summed E-state index contributed by atoms with van der Waals surface area (Å²) in [6, 6.07) is 14.9. The van der Waals surface area contributed by atoms with Gasteiger partial charge in [-0.3, -0.25) is 9.59 Å². The van der Waals surface area contributed by atoms with Crippen molar-refractivity contribution in [1.29, 1.82) is 0 Å². The van der Waals surface area contributed by atoms with Gasteiger partial charge in [-0.15, -0.1) is 0 Å². The first-order valence-corrected chi connectivity index (χ1v) is 8.96. The highest BCUT2D eigenvalue weighted by Gasteiger charge is 2.18. The molecule has 5 heteroatoms. The molecule has 1 fully saturated rings. The molecule has 2 N–H and O–H groups in total. The predicted molar refractivity (Wildman–Crippen MR) is 101 cm³/mol. The molecule has 0 aliphatic carbocycles. The van der Waals surface area contributed by atoms with Crippen LogP contribution < -0.4 is 10.6 Å². The van der Waals surface area contributed by atoms with Crippen molar-refractivity contribution in [3.8, 4) is 0 Å². The topological polar surface area (TPSA) is 67.4 Å². The normalized spacial score (nSPS) is 16.3. The molecule has 0 aromatic heterocycles. The molecule has 2 aromatic carbocycles. The molecule has 2 aromatic rings. The predicted octanol–water partition coefficient (Wildman–Crippen LogP) is 3.09. The molecule has 26 heavy (non-hydrogen) atoms. The number of ether oxygens (including phenoxy) is 1. The van der Waals surface area contributed by atoms with Gasteiger partial charge in [-0.2, -0.15) is 0 Å². The molecule has 1 heterocycles. The second kappa shape index (κ2) is 8.63.